The number of carbonyl (C=O) groups excluding carboxylic acids is 2. The van der Waals surface area contributed by atoms with E-state index in [4.69, 9.17) is 16.2 Å². The zero-order chi connectivity index (χ0) is 25.9. The maximum Gasteiger partial charge on any atom is 0.410 e. The molecule has 35 heavy (non-hydrogen) atoms. The second-order valence-electron chi connectivity index (χ2n) is 7.61. The Kier molecular flexibility index (Phi) is 7.32. The van der Waals surface area contributed by atoms with Crippen LogP contribution in [0.1, 0.15) is 45.7 Å². The van der Waals surface area contributed by atoms with Crippen LogP contribution in [0.4, 0.5) is 23.4 Å². The zero-order valence-corrected chi connectivity index (χ0v) is 18.8. The molecule has 3 rings (SSSR count). The minimum atomic E-state index is -4.63. The third-order valence-electron chi connectivity index (χ3n) is 5.34. The number of amides is 2. The molecule has 0 saturated carbocycles. The molecular formula is C23H23F4N5O3. The number of rotatable bonds is 8. The Morgan fingerprint density at radius 1 is 1.17 bits per heavy atom. The minimum Gasteiger partial charge on any atom is -0.496 e. The highest BCUT2D eigenvalue weighted by atomic mass is 19.4. The van der Waals surface area contributed by atoms with Gasteiger partial charge in [0.2, 0.25) is 0 Å². The van der Waals surface area contributed by atoms with E-state index in [1.165, 1.54) is 38.3 Å². The van der Waals surface area contributed by atoms with Crippen LogP contribution in [-0.4, -0.2) is 34.9 Å². The number of alkyl halides is 3. The summed E-state index contributed by atoms with van der Waals surface area (Å²) in [5.41, 5.74) is 11.8. The highest BCUT2D eigenvalue weighted by Crippen LogP contribution is 2.37. The van der Waals surface area contributed by atoms with Gasteiger partial charge in [-0.05, 0) is 30.2 Å². The first-order valence-electron chi connectivity index (χ1n) is 10.4. The second-order valence-corrected chi connectivity index (χ2v) is 7.61. The van der Waals surface area contributed by atoms with Crippen LogP contribution in [0, 0.1) is 5.82 Å². The minimum absolute atomic E-state index is 0.0198. The lowest BCUT2D eigenvalue weighted by atomic mass is 10.0. The second kappa shape index (κ2) is 10.0. The van der Waals surface area contributed by atoms with Crippen molar-refractivity contribution in [1.29, 1.82) is 0 Å². The molecule has 12 heteroatoms. The number of anilines is 1. The summed E-state index contributed by atoms with van der Waals surface area (Å²) in [5, 5.41) is 6.60. The molecule has 3 aromatic rings. The first-order chi connectivity index (χ1) is 16.5. The Labute approximate surface area is 197 Å². The van der Waals surface area contributed by atoms with E-state index in [2.05, 4.69) is 10.4 Å². The fraction of sp³-hybridized carbons (Fsp3) is 0.261. The molecule has 1 aromatic heterocycles. The number of benzene rings is 2. The van der Waals surface area contributed by atoms with Gasteiger partial charge in [-0.25, -0.2) is 9.07 Å². The van der Waals surface area contributed by atoms with E-state index < -0.39 is 35.7 Å². The molecule has 1 atom stereocenters. The molecule has 186 valence electrons. The van der Waals surface area contributed by atoms with Crippen molar-refractivity contribution < 1.29 is 31.9 Å². The van der Waals surface area contributed by atoms with E-state index >= 15 is 0 Å². The summed E-state index contributed by atoms with van der Waals surface area (Å²) in [7, 11) is 1.36. The van der Waals surface area contributed by atoms with Gasteiger partial charge < -0.3 is 21.5 Å². The average Bonchev–Trinajstić information content (AvgIpc) is 3.14. The molecule has 1 heterocycles. The van der Waals surface area contributed by atoms with Crippen molar-refractivity contribution in [1.82, 2.24) is 15.1 Å². The number of hydrogen-bond donors (Lipinski definition) is 3. The SMILES string of the molecule is CCC(n1nc(-c2ccc(CNC(=O)c3cc(F)ccc3OC)cc2)c(C(N)=O)c1N)C(F)(F)F. The molecule has 5 N–H and O–H groups in total. The molecular weight excluding hydrogens is 470 g/mol. The van der Waals surface area contributed by atoms with Crippen LogP contribution in [0.15, 0.2) is 42.5 Å². The van der Waals surface area contributed by atoms with Gasteiger partial charge in [0.25, 0.3) is 11.8 Å². The Bertz CT molecular complexity index is 1240. The lowest BCUT2D eigenvalue weighted by Gasteiger charge is -2.20. The lowest BCUT2D eigenvalue weighted by Crippen LogP contribution is -2.28. The van der Waals surface area contributed by atoms with Crippen molar-refractivity contribution in [3.8, 4) is 17.0 Å². The summed E-state index contributed by atoms with van der Waals surface area (Å²) in [6, 6.07) is 7.72. The van der Waals surface area contributed by atoms with Crippen LogP contribution in [0.25, 0.3) is 11.3 Å². The van der Waals surface area contributed by atoms with Gasteiger partial charge in [-0.1, -0.05) is 31.2 Å². The summed E-state index contributed by atoms with van der Waals surface area (Å²) >= 11 is 0. The smallest absolute Gasteiger partial charge is 0.410 e. The number of nitrogens with two attached hydrogens (primary N) is 2. The summed E-state index contributed by atoms with van der Waals surface area (Å²) in [6.07, 6.45) is -4.98. The fourth-order valence-corrected chi connectivity index (χ4v) is 3.59. The van der Waals surface area contributed by atoms with Crippen LogP contribution < -0.4 is 21.5 Å². The highest BCUT2D eigenvalue weighted by Gasteiger charge is 2.42. The third kappa shape index (κ3) is 5.36. The standard InChI is InChI=1S/C23H23F4N5O3/c1-3-17(23(25,26)27)32-20(28)18(21(29)33)19(31-32)13-6-4-12(5-7-13)11-30-22(34)15-10-14(24)8-9-16(15)35-2/h4-10,17H,3,11,28H2,1-2H3,(H2,29,33)(H,30,34). The fourth-order valence-electron chi connectivity index (χ4n) is 3.59. The number of carbonyl (C=O) groups is 2. The molecule has 2 amide bonds. The third-order valence-corrected chi connectivity index (χ3v) is 5.34. The van der Waals surface area contributed by atoms with Crippen LogP contribution in [0.5, 0.6) is 5.75 Å². The maximum absolute atomic E-state index is 13.5. The van der Waals surface area contributed by atoms with Crippen molar-refractivity contribution >= 4 is 17.6 Å². The molecule has 0 aliphatic heterocycles. The summed E-state index contributed by atoms with van der Waals surface area (Å²) in [4.78, 5) is 24.4. The van der Waals surface area contributed by atoms with Gasteiger partial charge >= 0.3 is 6.18 Å². The predicted octanol–water partition coefficient (Wildman–Crippen LogP) is 3.82. The van der Waals surface area contributed by atoms with Crippen molar-refractivity contribution in [2.45, 2.75) is 32.1 Å². The Hall–Kier alpha value is -4.09. The number of methoxy groups -OCH3 is 1. The highest BCUT2D eigenvalue weighted by molar-refractivity contribution is 6.03. The Morgan fingerprint density at radius 3 is 2.37 bits per heavy atom. The predicted molar refractivity (Wildman–Crippen MR) is 120 cm³/mol. The van der Waals surface area contributed by atoms with Gasteiger partial charge in [-0.3, -0.25) is 9.59 Å². The van der Waals surface area contributed by atoms with E-state index in [0.717, 1.165) is 6.07 Å². The first-order valence-corrected chi connectivity index (χ1v) is 10.4. The van der Waals surface area contributed by atoms with Gasteiger partial charge in [0.1, 0.15) is 34.7 Å². The molecule has 0 saturated heterocycles. The number of primary amides is 1. The van der Waals surface area contributed by atoms with Crippen molar-refractivity contribution in [3.63, 3.8) is 0 Å². The topological polar surface area (TPSA) is 125 Å². The summed E-state index contributed by atoms with van der Waals surface area (Å²) in [5.74, 6) is -2.44. The van der Waals surface area contributed by atoms with Crippen molar-refractivity contribution in [3.05, 3.63) is 65.0 Å². The number of ether oxygens (including phenoxy) is 1. The number of halogens is 4. The number of nitrogens with one attached hydrogen (secondary N) is 1. The van der Waals surface area contributed by atoms with Gasteiger partial charge in [-0.15, -0.1) is 0 Å². The van der Waals surface area contributed by atoms with E-state index in [1.54, 1.807) is 12.1 Å². The lowest BCUT2D eigenvalue weighted by molar-refractivity contribution is -0.170. The van der Waals surface area contributed by atoms with Crippen molar-refractivity contribution in [2.75, 3.05) is 12.8 Å². The first kappa shape index (κ1) is 25.5. The van der Waals surface area contributed by atoms with Crippen LogP contribution in [-0.2, 0) is 6.54 Å². The molecule has 0 bridgehead atoms. The molecule has 1 unspecified atom stereocenters. The van der Waals surface area contributed by atoms with Gasteiger partial charge in [0, 0.05) is 12.1 Å². The molecule has 0 aliphatic carbocycles. The molecule has 0 spiro atoms. The normalized spacial score (nSPS) is 12.3. The van der Waals surface area contributed by atoms with E-state index in [0.29, 0.717) is 15.8 Å². The zero-order valence-electron chi connectivity index (χ0n) is 18.8. The van der Waals surface area contributed by atoms with E-state index in [1.807, 2.05) is 0 Å². The van der Waals surface area contributed by atoms with Crippen LogP contribution >= 0.6 is 0 Å². The number of nitrogen functional groups attached to an aromatic ring is 1. The van der Waals surface area contributed by atoms with Crippen LogP contribution in [0.2, 0.25) is 0 Å². The number of hydrogen-bond acceptors (Lipinski definition) is 5. The average molecular weight is 493 g/mol. The quantitative estimate of drug-likeness (QED) is 0.412. The van der Waals surface area contributed by atoms with E-state index in [9.17, 15) is 27.2 Å². The largest absolute Gasteiger partial charge is 0.496 e. The molecule has 0 radical (unpaired) electrons. The summed E-state index contributed by atoms with van der Waals surface area (Å²) in [6.45, 7) is 1.38. The van der Waals surface area contributed by atoms with Crippen molar-refractivity contribution in [2.24, 2.45) is 5.73 Å². The Morgan fingerprint density at radius 2 is 1.83 bits per heavy atom. The molecule has 8 nitrogen and oxygen atoms in total. The molecule has 0 aliphatic rings. The van der Waals surface area contributed by atoms with Gasteiger partial charge in [0.15, 0.2) is 0 Å². The van der Waals surface area contributed by atoms with Gasteiger partial charge in [0.05, 0.1) is 12.7 Å². The van der Waals surface area contributed by atoms with Gasteiger partial charge in [-0.2, -0.15) is 18.3 Å². The summed E-state index contributed by atoms with van der Waals surface area (Å²) < 4.78 is 59.5. The molecule has 2 aromatic carbocycles. The maximum atomic E-state index is 13.5. The van der Waals surface area contributed by atoms with Crippen LogP contribution in [0.3, 0.4) is 0 Å². The molecule has 0 fully saturated rings. The number of nitrogens with zero attached hydrogens (tertiary/aromatic N) is 2. The number of aromatic nitrogens is 2. The monoisotopic (exact) mass is 493 g/mol. The van der Waals surface area contributed by atoms with E-state index in [-0.39, 0.29) is 35.5 Å². The Balaban J connectivity index is 1.85.